The fourth-order valence-corrected chi connectivity index (χ4v) is 4.72. The predicted molar refractivity (Wildman–Crippen MR) is 138 cm³/mol. The van der Waals surface area contributed by atoms with E-state index in [4.69, 9.17) is 14.8 Å². The van der Waals surface area contributed by atoms with Crippen LogP contribution < -0.4 is 15.1 Å². The number of carbonyl (C=O) groups is 1. The molecule has 0 aliphatic carbocycles. The lowest BCUT2D eigenvalue weighted by atomic mass is 9.96. The van der Waals surface area contributed by atoms with Crippen molar-refractivity contribution in [1.82, 2.24) is 0 Å². The molecule has 2 aliphatic heterocycles. The summed E-state index contributed by atoms with van der Waals surface area (Å²) in [6, 6.07) is 22.3. The van der Waals surface area contributed by atoms with Gasteiger partial charge >= 0.3 is 5.97 Å². The molecule has 2 aliphatic rings. The first-order chi connectivity index (χ1) is 17.3. The molecule has 9 heteroatoms. The second-order valence-corrected chi connectivity index (χ2v) is 8.95. The summed E-state index contributed by atoms with van der Waals surface area (Å²) in [5, 5.41) is 26.3. The van der Waals surface area contributed by atoms with Crippen LogP contribution >= 0.6 is 0 Å². The number of ether oxygens (including phenoxy) is 1. The third-order valence-corrected chi connectivity index (χ3v) is 6.40. The van der Waals surface area contributed by atoms with Gasteiger partial charge in [0.1, 0.15) is 5.66 Å². The molecular formula is C27H27N5O4. The van der Waals surface area contributed by atoms with Crippen LogP contribution in [0.15, 0.2) is 82.9 Å². The molecular weight excluding hydrogens is 458 g/mol. The number of carbonyl (C=O) groups excluding carboxylic acids is 1. The highest BCUT2D eigenvalue weighted by molar-refractivity contribution is 6.43. The van der Waals surface area contributed by atoms with Crippen molar-refractivity contribution in [3.8, 4) is 0 Å². The van der Waals surface area contributed by atoms with Crippen LogP contribution in [-0.2, 0) is 9.53 Å². The fraction of sp³-hybridized carbons (Fsp3) is 0.222. The van der Waals surface area contributed by atoms with Crippen LogP contribution in [-0.4, -0.2) is 35.0 Å². The van der Waals surface area contributed by atoms with Gasteiger partial charge in [-0.2, -0.15) is 5.23 Å². The second-order valence-electron chi connectivity index (χ2n) is 8.95. The van der Waals surface area contributed by atoms with E-state index in [0.29, 0.717) is 12.1 Å². The van der Waals surface area contributed by atoms with E-state index >= 15 is 0 Å². The highest BCUT2D eigenvalue weighted by Gasteiger charge is 2.51. The first kappa shape index (κ1) is 23.7. The van der Waals surface area contributed by atoms with Gasteiger partial charge in [0.25, 0.3) is 0 Å². The van der Waals surface area contributed by atoms with E-state index < -0.39 is 16.9 Å². The Balaban J connectivity index is 1.71. The number of nitrogens with one attached hydrogen (secondary N) is 1. The van der Waals surface area contributed by atoms with Gasteiger partial charge in [0.2, 0.25) is 5.84 Å². The summed E-state index contributed by atoms with van der Waals surface area (Å²) in [5.74, 6) is -0.389. The Labute approximate surface area is 209 Å². The van der Waals surface area contributed by atoms with E-state index in [2.05, 4.69) is 0 Å². The monoisotopic (exact) mass is 485 g/mol. The zero-order valence-electron chi connectivity index (χ0n) is 20.3. The van der Waals surface area contributed by atoms with Crippen LogP contribution in [0.5, 0.6) is 0 Å². The molecule has 5 rings (SSSR count). The van der Waals surface area contributed by atoms with Gasteiger partial charge in [-0.15, -0.1) is 5.10 Å². The molecule has 3 aromatic carbocycles. The Bertz CT molecular complexity index is 1350. The lowest BCUT2D eigenvalue weighted by Crippen LogP contribution is -2.99. The maximum atomic E-state index is 13.2. The van der Waals surface area contributed by atoms with E-state index in [9.17, 15) is 15.2 Å². The fourth-order valence-electron chi connectivity index (χ4n) is 4.72. The van der Waals surface area contributed by atoms with E-state index in [1.165, 1.54) is 12.1 Å². The van der Waals surface area contributed by atoms with Crippen molar-refractivity contribution in [2.75, 3.05) is 16.5 Å². The van der Waals surface area contributed by atoms with Crippen molar-refractivity contribution in [2.45, 2.75) is 32.9 Å². The Hall–Kier alpha value is -4.05. The Morgan fingerprint density at radius 2 is 1.86 bits per heavy atom. The zero-order valence-corrected chi connectivity index (χ0v) is 20.3. The smallest absolute Gasteiger partial charge is 0.376 e. The number of rotatable bonds is 5. The van der Waals surface area contributed by atoms with Crippen LogP contribution in [0.1, 0.15) is 31.4 Å². The molecule has 0 saturated heterocycles. The SMILES string of the molecule is CCOC(=O)C1=NN(c2ccc([NH+]([O-])O)cc2)[C@]2(C)CC(c3ccccc3)=Nc3cc(C)ccc3N12. The molecule has 0 aromatic heterocycles. The van der Waals surface area contributed by atoms with Crippen LogP contribution in [0, 0.1) is 12.1 Å². The Kier molecular flexibility index (Phi) is 6.05. The third kappa shape index (κ3) is 4.03. The molecule has 0 saturated carbocycles. The molecule has 0 radical (unpaired) electrons. The van der Waals surface area contributed by atoms with Crippen molar-refractivity contribution in [1.29, 1.82) is 0 Å². The average Bonchev–Trinajstić information content (AvgIpc) is 3.10. The summed E-state index contributed by atoms with van der Waals surface area (Å²) in [7, 11) is 0. The predicted octanol–water partition coefficient (Wildman–Crippen LogP) is 3.84. The number of hydrogen-bond donors (Lipinski definition) is 2. The van der Waals surface area contributed by atoms with Crippen molar-refractivity contribution >= 4 is 40.3 Å². The van der Waals surface area contributed by atoms with Gasteiger partial charge in [0, 0.05) is 18.6 Å². The first-order valence-corrected chi connectivity index (χ1v) is 11.7. The van der Waals surface area contributed by atoms with Crippen molar-refractivity contribution in [3.05, 3.63) is 89.1 Å². The van der Waals surface area contributed by atoms with Crippen molar-refractivity contribution in [2.24, 2.45) is 10.1 Å². The van der Waals surface area contributed by atoms with Crippen LogP contribution in [0.4, 0.5) is 22.7 Å². The number of hydrazone groups is 1. The third-order valence-electron chi connectivity index (χ3n) is 6.40. The number of amidine groups is 1. The molecule has 3 aromatic rings. The molecule has 36 heavy (non-hydrogen) atoms. The summed E-state index contributed by atoms with van der Waals surface area (Å²) >= 11 is 0. The van der Waals surface area contributed by atoms with E-state index in [-0.39, 0.29) is 18.1 Å². The molecule has 1 unspecified atom stereocenters. The molecule has 2 N–H and O–H groups in total. The highest BCUT2D eigenvalue weighted by Crippen LogP contribution is 2.46. The summed E-state index contributed by atoms with van der Waals surface area (Å²) in [4.78, 5) is 20.1. The number of aliphatic imine (C=N–C) groups is 1. The Morgan fingerprint density at radius 3 is 2.53 bits per heavy atom. The number of benzene rings is 3. The molecule has 0 spiro atoms. The van der Waals surface area contributed by atoms with Gasteiger partial charge in [-0.25, -0.2) is 15.0 Å². The summed E-state index contributed by atoms with van der Waals surface area (Å²) in [5.41, 5.74) is 4.28. The number of nitrogens with zero attached hydrogens (tertiary/aromatic N) is 4. The summed E-state index contributed by atoms with van der Waals surface area (Å²) in [6.07, 6.45) is 0.428. The van der Waals surface area contributed by atoms with Crippen LogP contribution in [0.25, 0.3) is 0 Å². The largest absolute Gasteiger partial charge is 0.595 e. The standard InChI is InChI=1S/C27H27N5O4/c1-4-36-26(33)25-29-31(20-11-13-21(14-12-20)32(34)35)27(3)17-23(19-8-6-5-7-9-19)28-22-16-18(2)10-15-24(22)30(25)27/h5-16,32,34H,4,17H2,1-3H3/t27-/m1/s1. The maximum absolute atomic E-state index is 13.2. The topological polar surface area (TPSA) is 105 Å². The number of aryl methyl sites for hydroxylation is 1. The average molecular weight is 486 g/mol. The zero-order chi connectivity index (χ0) is 25.4. The quantitative estimate of drug-likeness (QED) is 0.420. The molecule has 9 nitrogen and oxygen atoms in total. The van der Waals surface area contributed by atoms with Crippen molar-refractivity contribution < 1.29 is 20.0 Å². The number of esters is 1. The molecule has 0 amide bonds. The van der Waals surface area contributed by atoms with Gasteiger partial charge in [0.15, 0.2) is 5.69 Å². The second kappa shape index (κ2) is 9.19. The molecule has 184 valence electrons. The maximum Gasteiger partial charge on any atom is 0.376 e. The van der Waals surface area contributed by atoms with E-state index in [1.807, 2.05) is 67.3 Å². The molecule has 2 heterocycles. The van der Waals surface area contributed by atoms with Gasteiger partial charge in [-0.05, 0) is 56.2 Å². The number of quaternary nitrogens is 1. The van der Waals surface area contributed by atoms with Gasteiger partial charge in [-0.3, -0.25) is 9.89 Å². The molecule has 0 fully saturated rings. The minimum Gasteiger partial charge on any atom is -0.595 e. The molecule has 0 bridgehead atoms. The summed E-state index contributed by atoms with van der Waals surface area (Å²) < 4.78 is 5.39. The van der Waals surface area contributed by atoms with E-state index in [1.54, 1.807) is 24.1 Å². The number of hydrogen-bond acceptors (Lipinski definition) is 8. The van der Waals surface area contributed by atoms with Gasteiger partial charge in [-0.1, -0.05) is 36.4 Å². The minimum atomic E-state index is -1.01. The van der Waals surface area contributed by atoms with Crippen molar-refractivity contribution in [3.63, 3.8) is 0 Å². The normalized spacial score (nSPS) is 19.6. The lowest BCUT2D eigenvalue weighted by Gasteiger charge is -2.41. The highest BCUT2D eigenvalue weighted by atomic mass is 16.8. The van der Waals surface area contributed by atoms with Crippen LogP contribution in [0.3, 0.4) is 0 Å². The minimum absolute atomic E-state index is 0.149. The van der Waals surface area contributed by atoms with Gasteiger partial charge in [0.05, 0.1) is 29.4 Å². The first-order valence-electron chi connectivity index (χ1n) is 11.7. The number of fused-ring (bicyclic) bond motifs is 3. The Morgan fingerprint density at radius 1 is 1.14 bits per heavy atom. The molecule has 2 atom stereocenters. The van der Waals surface area contributed by atoms with Crippen LogP contribution in [0.2, 0.25) is 0 Å². The van der Waals surface area contributed by atoms with E-state index in [0.717, 1.165) is 28.2 Å². The van der Waals surface area contributed by atoms with Gasteiger partial charge < -0.3 is 9.94 Å². The summed E-state index contributed by atoms with van der Waals surface area (Å²) in [6.45, 7) is 5.97. The lowest BCUT2D eigenvalue weighted by molar-refractivity contribution is -0.991. The number of anilines is 2.